The van der Waals surface area contributed by atoms with Gasteiger partial charge in [-0.2, -0.15) is 0 Å². The molecule has 1 aromatic heterocycles. The molecule has 0 unspecified atom stereocenters. The van der Waals surface area contributed by atoms with Gasteiger partial charge < -0.3 is 23.7 Å². The van der Waals surface area contributed by atoms with Crippen LogP contribution in [0, 0.1) is 0 Å². The van der Waals surface area contributed by atoms with Crippen LogP contribution in [0.15, 0.2) is 57.5 Å². The van der Waals surface area contributed by atoms with E-state index in [1.807, 2.05) is 45.0 Å². The molecular weight excluding hydrogens is 532 g/mol. The van der Waals surface area contributed by atoms with Crippen molar-refractivity contribution in [3.05, 3.63) is 78.5 Å². The van der Waals surface area contributed by atoms with Gasteiger partial charge in [0.25, 0.3) is 5.56 Å². The average molecular weight is 567 g/mol. The highest BCUT2D eigenvalue weighted by molar-refractivity contribution is 7.07. The molecule has 0 N–H and O–H groups in total. The molecule has 4 rings (SSSR count). The normalized spacial score (nSPS) is 15.0. The molecule has 9 nitrogen and oxygen atoms in total. The molecule has 212 valence electrons. The maximum atomic E-state index is 13.9. The van der Waals surface area contributed by atoms with Crippen molar-refractivity contribution in [2.75, 3.05) is 27.4 Å². The molecule has 10 heteroatoms. The van der Waals surface area contributed by atoms with Crippen LogP contribution in [0.4, 0.5) is 0 Å². The van der Waals surface area contributed by atoms with E-state index in [2.05, 4.69) is 4.99 Å². The first-order valence-electron chi connectivity index (χ1n) is 13.1. The van der Waals surface area contributed by atoms with Gasteiger partial charge in [-0.15, -0.1) is 0 Å². The van der Waals surface area contributed by atoms with Gasteiger partial charge in [0.15, 0.2) is 27.8 Å². The van der Waals surface area contributed by atoms with E-state index in [0.717, 1.165) is 5.56 Å². The lowest BCUT2D eigenvalue weighted by atomic mass is 9.95. The number of fused-ring (bicyclic) bond motifs is 1. The summed E-state index contributed by atoms with van der Waals surface area (Å²) < 4.78 is 30.0. The van der Waals surface area contributed by atoms with Gasteiger partial charge in [-0.1, -0.05) is 23.5 Å². The van der Waals surface area contributed by atoms with Gasteiger partial charge in [-0.25, -0.2) is 9.79 Å². The lowest BCUT2D eigenvalue weighted by molar-refractivity contribution is -0.139. The fourth-order valence-corrected chi connectivity index (χ4v) is 5.56. The molecule has 1 aliphatic heterocycles. The van der Waals surface area contributed by atoms with Crippen molar-refractivity contribution in [1.29, 1.82) is 0 Å². The standard InChI is InChI=1S/C30H34N2O7S/c1-8-37-21-12-10-19(14-23(21)35-6)15-25-28(33)32-27(20-11-13-22(39-17(3)4)24(16-20)36-7)26(29(34)38-9-2)18(5)31-30(32)40-25/h10-17,27H,8-9H2,1-7H3/b25-15-/t27-/m1/s1. The van der Waals surface area contributed by atoms with Gasteiger partial charge in [0, 0.05) is 0 Å². The van der Waals surface area contributed by atoms with E-state index < -0.39 is 12.0 Å². The molecule has 2 heterocycles. The third kappa shape index (κ3) is 5.77. The SMILES string of the molecule is CCOC(=O)C1=C(C)N=c2s/c(=C\c3ccc(OCC)c(OC)c3)c(=O)n2[C@@H]1c1ccc(OC(C)C)c(OC)c1. The molecule has 0 saturated carbocycles. The number of allylic oxidation sites excluding steroid dienone is 1. The fraction of sp³-hybridized carbons (Fsp3) is 0.367. The van der Waals surface area contributed by atoms with Crippen molar-refractivity contribution < 1.29 is 28.5 Å². The third-order valence-corrected chi connectivity index (χ3v) is 7.15. The average Bonchev–Trinajstić information content (AvgIpc) is 3.22. The lowest BCUT2D eigenvalue weighted by Gasteiger charge is -2.25. The zero-order valence-corrected chi connectivity index (χ0v) is 24.6. The van der Waals surface area contributed by atoms with E-state index in [1.54, 1.807) is 50.8 Å². The second-order valence-corrected chi connectivity index (χ2v) is 10.2. The molecule has 0 saturated heterocycles. The van der Waals surface area contributed by atoms with Gasteiger partial charge in [-0.3, -0.25) is 9.36 Å². The topological polar surface area (TPSA) is 97.6 Å². The Morgan fingerprint density at radius 2 is 1.73 bits per heavy atom. The van der Waals surface area contributed by atoms with Crippen molar-refractivity contribution in [3.63, 3.8) is 0 Å². The first kappa shape index (κ1) is 28.9. The minimum absolute atomic E-state index is 0.0594. The highest BCUT2D eigenvalue weighted by Crippen LogP contribution is 2.36. The van der Waals surface area contributed by atoms with Gasteiger partial charge in [0.1, 0.15) is 0 Å². The van der Waals surface area contributed by atoms with Gasteiger partial charge in [0.05, 0.1) is 55.4 Å². The Labute approximate surface area is 236 Å². The molecule has 1 aliphatic rings. The van der Waals surface area contributed by atoms with Crippen molar-refractivity contribution in [2.24, 2.45) is 4.99 Å². The number of benzene rings is 2. The second-order valence-electron chi connectivity index (χ2n) is 9.22. The Morgan fingerprint density at radius 1 is 1.02 bits per heavy atom. The summed E-state index contributed by atoms with van der Waals surface area (Å²) in [5.74, 6) is 1.72. The number of aromatic nitrogens is 1. The summed E-state index contributed by atoms with van der Waals surface area (Å²) >= 11 is 1.25. The van der Waals surface area contributed by atoms with Crippen LogP contribution in [-0.2, 0) is 9.53 Å². The highest BCUT2D eigenvalue weighted by atomic mass is 32.1. The molecule has 0 aliphatic carbocycles. The van der Waals surface area contributed by atoms with E-state index in [1.165, 1.54) is 11.3 Å². The minimum Gasteiger partial charge on any atom is -0.493 e. The molecule has 0 amide bonds. The molecule has 40 heavy (non-hydrogen) atoms. The Bertz CT molecular complexity index is 1620. The van der Waals surface area contributed by atoms with E-state index in [9.17, 15) is 9.59 Å². The largest absolute Gasteiger partial charge is 0.493 e. The van der Waals surface area contributed by atoms with E-state index >= 15 is 0 Å². The Hall–Kier alpha value is -4.05. The maximum Gasteiger partial charge on any atom is 0.338 e. The number of ether oxygens (including phenoxy) is 5. The Morgan fingerprint density at radius 3 is 2.38 bits per heavy atom. The number of rotatable bonds is 10. The van der Waals surface area contributed by atoms with Crippen molar-refractivity contribution >= 4 is 23.4 Å². The molecular formula is C30H34N2O7S. The minimum atomic E-state index is -0.769. The van der Waals surface area contributed by atoms with Crippen LogP contribution in [-0.4, -0.2) is 44.1 Å². The van der Waals surface area contributed by atoms with Gasteiger partial charge >= 0.3 is 5.97 Å². The quantitative estimate of drug-likeness (QED) is 0.342. The maximum absolute atomic E-state index is 13.9. The summed E-state index contributed by atoms with van der Waals surface area (Å²) in [5.41, 5.74) is 1.93. The van der Waals surface area contributed by atoms with E-state index in [0.29, 0.717) is 55.8 Å². The van der Waals surface area contributed by atoms with E-state index in [4.69, 9.17) is 23.7 Å². The van der Waals surface area contributed by atoms with Crippen LogP contribution in [0.5, 0.6) is 23.0 Å². The molecule has 0 bridgehead atoms. The number of thiazole rings is 1. The third-order valence-electron chi connectivity index (χ3n) is 6.17. The predicted molar refractivity (Wildman–Crippen MR) is 153 cm³/mol. The van der Waals surface area contributed by atoms with Gasteiger partial charge in [-0.05, 0) is 76.1 Å². The number of carbonyl (C=O) groups excluding carboxylic acids is 1. The summed E-state index contributed by atoms with van der Waals surface area (Å²) in [4.78, 5) is 32.2. The first-order chi connectivity index (χ1) is 19.2. The number of methoxy groups -OCH3 is 2. The lowest BCUT2D eigenvalue weighted by Crippen LogP contribution is -2.40. The van der Waals surface area contributed by atoms with Crippen molar-refractivity contribution in [1.82, 2.24) is 4.57 Å². The molecule has 3 aromatic rings. The van der Waals surface area contributed by atoms with Crippen LogP contribution < -0.4 is 33.8 Å². The highest BCUT2D eigenvalue weighted by Gasteiger charge is 2.34. The second kappa shape index (κ2) is 12.4. The van der Waals surface area contributed by atoms with Crippen LogP contribution in [0.1, 0.15) is 51.8 Å². The first-order valence-corrected chi connectivity index (χ1v) is 13.9. The molecule has 1 atom stereocenters. The molecule has 2 aromatic carbocycles. The fourth-order valence-electron chi connectivity index (χ4n) is 4.51. The summed E-state index contributed by atoms with van der Waals surface area (Å²) in [7, 11) is 3.12. The smallest absolute Gasteiger partial charge is 0.338 e. The Balaban J connectivity index is 1.91. The van der Waals surface area contributed by atoms with Crippen molar-refractivity contribution in [3.8, 4) is 23.0 Å². The predicted octanol–water partition coefficient (Wildman–Crippen LogP) is 4.00. The summed E-state index contributed by atoms with van der Waals surface area (Å²) in [6.45, 7) is 9.94. The summed E-state index contributed by atoms with van der Waals surface area (Å²) in [5, 5.41) is 0. The Kier molecular flexibility index (Phi) is 8.99. The van der Waals surface area contributed by atoms with Crippen LogP contribution >= 0.6 is 11.3 Å². The number of nitrogens with zero attached hydrogens (tertiary/aromatic N) is 2. The number of hydrogen-bond donors (Lipinski definition) is 0. The number of carbonyl (C=O) groups is 1. The summed E-state index contributed by atoms with van der Waals surface area (Å²) in [6, 6.07) is 10.1. The zero-order valence-electron chi connectivity index (χ0n) is 23.8. The van der Waals surface area contributed by atoms with Crippen LogP contribution in [0.3, 0.4) is 0 Å². The van der Waals surface area contributed by atoms with Crippen LogP contribution in [0.25, 0.3) is 6.08 Å². The molecule has 0 radical (unpaired) electrons. The number of esters is 1. The van der Waals surface area contributed by atoms with Crippen LogP contribution in [0.2, 0.25) is 0 Å². The number of hydrogen-bond acceptors (Lipinski definition) is 9. The van der Waals surface area contributed by atoms with Gasteiger partial charge in [0.2, 0.25) is 0 Å². The zero-order chi connectivity index (χ0) is 29.0. The van der Waals surface area contributed by atoms with Crippen molar-refractivity contribution in [2.45, 2.75) is 46.8 Å². The molecule has 0 spiro atoms. The summed E-state index contributed by atoms with van der Waals surface area (Å²) in [6.07, 6.45) is 1.72. The van der Waals surface area contributed by atoms with E-state index in [-0.39, 0.29) is 18.3 Å². The molecule has 0 fully saturated rings. The monoisotopic (exact) mass is 566 g/mol.